The van der Waals surface area contributed by atoms with E-state index in [1.54, 1.807) is 6.92 Å². The maximum Gasteiger partial charge on any atom is 0.109 e. The summed E-state index contributed by atoms with van der Waals surface area (Å²) in [5.41, 5.74) is 0. The molecule has 0 aromatic carbocycles. The molecule has 0 aromatic heterocycles. The van der Waals surface area contributed by atoms with Crippen molar-refractivity contribution in [2.45, 2.75) is 57.6 Å². The molecule has 0 aliphatic rings. The standard InChI is InChI=1S/C10H23NO4/c1-4-7(12)9(14)10(15)8(13)5-11-6(2)3/h6-15H,4-5H2,1-3H3. The lowest BCUT2D eigenvalue weighted by Gasteiger charge is -2.26. The highest BCUT2D eigenvalue weighted by atomic mass is 16.4. The monoisotopic (exact) mass is 221 g/mol. The SMILES string of the molecule is CCC(O)C(O)C(O)C(O)CNC(C)C. The van der Waals surface area contributed by atoms with Crippen LogP contribution in [0.2, 0.25) is 0 Å². The summed E-state index contributed by atoms with van der Waals surface area (Å²) in [5, 5.41) is 40.6. The molecule has 5 N–H and O–H groups in total. The predicted octanol–water partition coefficient (Wildman–Crippen LogP) is -1.16. The first-order valence-electron chi connectivity index (χ1n) is 5.35. The maximum absolute atomic E-state index is 9.50. The average Bonchev–Trinajstić information content (AvgIpc) is 2.22. The third-order valence-electron chi connectivity index (χ3n) is 2.29. The highest BCUT2D eigenvalue weighted by Crippen LogP contribution is 2.07. The maximum atomic E-state index is 9.50. The number of hydrogen-bond acceptors (Lipinski definition) is 5. The molecule has 0 saturated carbocycles. The van der Waals surface area contributed by atoms with Gasteiger partial charge in [-0.3, -0.25) is 0 Å². The highest BCUT2D eigenvalue weighted by Gasteiger charge is 2.29. The number of aliphatic hydroxyl groups excluding tert-OH is 4. The van der Waals surface area contributed by atoms with Crippen LogP contribution >= 0.6 is 0 Å². The Labute approximate surface area is 90.8 Å². The summed E-state index contributed by atoms with van der Waals surface area (Å²) in [6.07, 6.45) is -4.38. The number of hydrogen-bond donors (Lipinski definition) is 5. The Bertz CT molecular complexity index is 166. The molecule has 0 aromatic rings. The molecule has 0 rings (SSSR count). The van der Waals surface area contributed by atoms with Crippen molar-refractivity contribution in [3.63, 3.8) is 0 Å². The molecular formula is C10H23NO4. The number of aliphatic hydroxyl groups is 4. The first-order valence-corrected chi connectivity index (χ1v) is 5.35. The van der Waals surface area contributed by atoms with E-state index in [1.807, 2.05) is 13.8 Å². The van der Waals surface area contributed by atoms with Gasteiger partial charge in [0.25, 0.3) is 0 Å². The summed E-state index contributed by atoms with van der Waals surface area (Å²) in [5.74, 6) is 0. The topological polar surface area (TPSA) is 93.0 Å². The van der Waals surface area contributed by atoms with Gasteiger partial charge in [-0.2, -0.15) is 0 Å². The van der Waals surface area contributed by atoms with Crippen molar-refractivity contribution >= 4 is 0 Å². The largest absolute Gasteiger partial charge is 0.390 e. The van der Waals surface area contributed by atoms with E-state index in [0.29, 0.717) is 6.42 Å². The zero-order valence-electron chi connectivity index (χ0n) is 9.59. The van der Waals surface area contributed by atoms with E-state index in [0.717, 1.165) is 0 Å². The summed E-state index contributed by atoms with van der Waals surface area (Å²) in [6.45, 7) is 5.71. The lowest BCUT2D eigenvalue weighted by Crippen LogP contribution is -2.48. The zero-order valence-corrected chi connectivity index (χ0v) is 9.59. The van der Waals surface area contributed by atoms with Crippen LogP contribution in [0.3, 0.4) is 0 Å². The summed E-state index contributed by atoms with van der Waals surface area (Å²) < 4.78 is 0. The van der Waals surface area contributed by atoms with Crippen LogP contribution in [0.5, 0.6) is 0 Å². The molecule has 0 aliphatic carbocycles. The van der Waals surface area contributed by atoms with Crippen LogP contribution in [0.15, 0.2) is 0 Å². The Morgan fingerprint density at radius 2 is 1.40 bits per heavy atom. The molecule has 0 radical (unpaired) electrons. The third kappa shape index (κ3) is 5.44. The van der Waals surface area contributed by atoms with E-state index in [-0.39, 0.29) is 12.6 Å². The molecule has 5 nitrogen and oxygen atoms in total. The molecule has 15 heavy (non-hydrogen) atoms. The molecule has 5 heteroatoms. The Morgan fingerprint density at radius 1 is 0.933 bits per heavy atom. The smallest absolute Gasteiger partial charge is 0.109 e. The van der Waals surface area contributed by atoms with Gasteiger partial charge < -0.3 is 25.7 Å². The Morgan fingerprint density at radius 3 is 1.80 bits per heavy atom. The number of rotatable bonds is 7. The lowest BCUT2D eigenvalue weighted by molar-refractivity contribution is -0.104. The van der Waals surface area contributed by atoms with Crippen LogP contribution in [0, 0.1) is 0 Å². The summed E-state index contributed by atoms with van der Waals surface area (Å²) in [6, 6.07) is 0.195. The van der Waals surface area contributed by atoms with Gasteiger partial charge in [0.2, 0.25) is 0 Å². The van der Waals surface area contributed by atoms with Crippen molar-refractivity contribution in [3.8, 4) is 0 Å². The van der Waals surface area contributed by atoms with Crippen LogP contribution in [-0.2, 0) is 0 Å². The van der Waals surface area contributed by atoms with Gasteiger partial charge in [0, 0.05) is 12.6 Å². The van der Waals surface area contributed by atoms with Gasteiger partial charge >= 0.3 is 0 Å². The zero-order chi connectivity index (χ0) is 12.0. The van der Waals surface area contributed by atoms with Gasteiger partial charge in [-0.1, -0.05) is 20.8 Å². The average molecular weight is 221 g/mol. The van der Waals surface area contributed by atoms with Crippen molar-refractivity contribution in [2.24, 2.45) is 0 Å². The quantitative estimate of drug-likeness (QED) is 0.374. The fourth-order valence-electron chi connectivity index (χ4n) is 1.17. The van der Waals surface area contributed by atoms with Crippen LogP contribution in [-0.4, -0.2) is 57.4 Å². The minimum Gasteiger partial charge on any atom is -0.390 e. The van der Waals surface area contributed by atoms with E-state index >= 15 is 0 Å². The van der Waals surface area contributed by atoms with Crippen molar-refractivity contribution in [2.75, 3.05) is 6.54 Å². The van der Waals surface area contributed by atoms with E-state index < -0.39 is 24.4 Å². The molecule has 4 atom stereocenters. The molecule has 0 fully saturated rings. The molecular weight excluding hydrogens is 198 g/mol. The molecule has 92 valence electrons. The van der Waals surface area contributed by atoms with Crippen LogP contribution in [0.25, 0.3) is 0 Å². The molecule has 0 spiro atoms. The third-order valence-corrected chi connectivity index (χ3v) is 2.29. The fraction of sp³-hybridized carbons (Fsp3) is 1.00. The summed E-state index contributed by atoms with van der Waals surface area (Å²) >= 11 is 0. The van der Waals surface area contributed by atoms with Gasteiger partial charge in [0.05, 0.1) is 12.2 Å². The fourth-order valence-corrected chi connectivity index (χ4v) is 1.17. The van der Waals surface area contributed by atoms with Crippen molar-refractivity contribution < 1.29 is 20.4 Å². The number of nitrogens with one attached hydrogen (secondary N) is 1. The normalized spacial score (nSPS) is 20.0. The van der Waals surface area contributed by atoms with Crippen molar-refractivity contribution in [3.05, 3.63) is 0 Å². The summed E-state index contributed by atoms with van der Waals surface area (Å²) in [4.78, 5) is 0. The molecule has 0 heterocycles. The van der Waals surface area contributed by atoms with Crippen LogP contribution < -0.4 is 5.32 Å². The lowest BCUT2D eigenvalue weighted by atomic mass is 10.0. The second-order valence-electron chi connectivity index (χ2n) is 4.09. The molecule has 4 unspecified atom stereocenters. The molecule has 0 bridgehead atoms. The van der Waals surface area contributed by atoms with Gasteiger partial charge in [-0.15, -0.1) is 0 Å². The van der Waals surface area contributed by atoms with Crippen molar-refractivity contribution in [1.82, 2.24) is 5.32 Å². The predicted molar refractivity (Wildman–Crippen MR) is 57.5 cm³/mol. The second-order valence-corrected chi connectivity index (χ2v) is 4.09. The van der Waals surface area contributed by atoms with E-state index in [1.165, 1.54) is 0 Å². The first kappa shape index (κ1) is 14.8. The van der Waals surface area contributed by atoms with Gasteiger partial charge in [-0.05, 0) is 6.42 Å². The van der Waals surface area contributed by atoms with Gasteiger partial charge in [0.1, 0.15) is 12.2 Å². The highest BCUT2D eigenvalue weighted by molar-refractivity contribution is 4.81. The minimum absolute atomic E-state index is 0.187. The Kier molecular flexibility index (Phi) is 7.04. The van der Waals surface area contributed by atoms with Gasteiger partial charge in [0.15, 0.2) is 0 Å². The Balaban J connectivity index is 4.01. The van der Waals surface area contributed by atoms with Crippen LogP contribution in [0.1, 0.15) is 27.2 Å². The minimum atomic E-state index is -1.33. The van der Waals surface area contributed by atoms with E-state index in [2.05, 4.69) is 5.32 Å². The Hall–Kier alpha value is -0.200. The van der Waals surface area contributed by atoms with Gasteiger partial charge in [-0.25, -0.2) is 0 Å². The van der Waals surface area contributed by atoms with Crippen LogP contribution in [0.4, 0.5) is 0 Å². The molecule has 0 saturated heterocycles. The van der Waals surface area contributed by atoms with E-state index in [4.69, 9.17) is 0 Å². The molecule has 0 aliphatic heterocycles. The summed E-state index contributed by atoms with van der Waals surface area (Å²) in [7, 11) is 0. The molecule has 0 amide bonds. The first-order chi connectivity index (χ1) is 6.90. The van der Waals surface area contributed by atoms with Crippen molar-refractivity contribution in [1.29, 1.82) is 0 Å². The second kappa shape index (κ2) is 7.14. The van der Waals surface area contributed by atoms with E-state index in [9.17, 15) is 20.4 Å².